The zero-order valence-electron chi connectivity index (χ0n) is 12.1. The summed E-state index contributed by atoms with van der Waals surface area (Å²) in [5.74, 6) is 1.44. The average Bonchev–Trinajstić information content (AvgIpc) is 2.94. The summed E-state index contributed by atoms with van der Waals surface area (Å²) in [4.78, 5) is 1.91. The first-order valence-corrected chi connectivity index (χ1v) is 6.60. The summed E-state index contributed by atoms with van der Waals surface area (Å²) in [5.41, 5.74) is 1.12. The Kier molecular flexibility index (Phi) is 4.95. The smallest absolute Gasteiger partial charge is 0.318 e. The molecule has 0 saturated carbocycles. The zero-order valence-corrected chi connectivity index (χ0v) is 12.1. The van der Waals surface area contributed by atoms with Crippen molar-refractivity contribution in [3.63, 3.8) is 0 Å². The summed E-state index contributed by atoms with van der Waals surface area (Å²) >= 11 is 0. The van der Waals surface area contributed by atoms with E-state index in [4.69, 9.17) is 9.15 Å². The minimum absolute atomic E-state index is 0.515. The quantitative estimate of drug-likeness (QED) is 0.832. The maximum atomic E-state index is 5.59. The molecule has 108 valence electrons. The van der Waals surface area contributed by atoms with Crippen molar-refractivity contribution in [3.8, 4) is 5.75 Å². The monoisotopic (exact) mass is 276 g/mol. The molecule has 6 nitrogen and oxygen atoms in total. The molecule has 0 unspecified atom stereocenters. The highest BCUT2D eigenvalue weighted by Gasteiger charge is 2.11. The SMILES string of the molecule is CCNCc1nnc(N(C)Cc2cccc(OC)c2)o1. The van der Waals surface area contributed by atoms with Gasteiger partial charge in [0.25, 0.3) is 0 Å². The second-order valence-electron chi connectivity index (χ2n) is 4.47. The Morgan fingerprint density at radius 1 is 1.35 bits per heavy atom. The molecule has 0 bridgehead atoms. The Labute approximate surface area is 118 Å². The van der Waals surface area contributed by atoms with Gasteiger partial charge in [0.1, 0.15) is 5.75 Å². The predicted octanol–water partition coefficient (Wildman–Crippen LogP) is 1.82. The van der Waals surface area contributed by atoms with E-state index in [1.165, 1.54) is 0 Å². The standard InChI is InChI=1S/C14H20N4O2/c1-4-15-9-13-16-17-14(20-13)18(2)10-11-6-5-7-12(8-11)19-3/h5-8,15H,4,9-10H2,1-3H3. The van der Waals surface area contributed by atoms with Gasteiger partial charge >= 0.3 is 6.01 Å². The topological polar surface area (TPSA) is 63.4 Å². The average molecular weight is 276 g/mol. The van der Waals surface area contributed by atoms with Crippen LogP contribution in [0.5, 0.6) is 5.75 Å². The second kappa shape index (κ2) is 6.91. The van der Waals surface area contributed by atoms with Crippen molar-refractivity contribution in [3.05, 3.63) is 35.7 Å². The van der Waals surface area contributed by atoms with E-state index in [2.05, 4.69) is 15.5 Å². The van der Waals surface area contributed by atoms with Crippen LogP contribution in [-0.2, 0) is 13.1 Å². The molecule has 2 rings (SSSR count). The van der Waals surface area contributed by atoms with E-state index < -0.39 is 0 Å². The molecule has 0 fully saturated rings. The van der Waals surface area contributed by atoms with E-state index in [9.17, 15) is 0 Å². The van der Waals surface area contributed by atoms with Gasteiger partial charge in [0.15, 0.2) is 0 Å². The third-order valence-electron chi connectivity index (χ3n) is 2.86. The lowest BCUT2D eigenvalue weighted by atomic mass is 10.2. The maximum absolute atomic E-state index is 5.59. The van der Waals surface area contributed by atoms with E-state index in [-0.39, 0.29) is 0 Å². The fourth-order valence-electron chi connectivity index (χ4n) is 1.81. The molecule has 6 heteroatoms. The van der Waals surface area contributed by atoms with Crippen LogP contribution in [0.25, 0.3) is 0 Å². The molecule has 0 spiro atoms. The van der Waals surface area contributed by atoms with E-state index >= 15 is 0 Å². The number of anilines is 1. The van der Waals surface area contributed by atoms with Crippen LogP contribution in [0.4, 0.5) is 6.01 Å². The zero-order chi connectivity index (χ0) is 14.4. The van der Waals surface area contributed by atoms with Gasteiger partial charge in [0, 0.05) is 13.6 Å². The van der Waals surface area contributed by atoms with Gasteiger partial charge in [-0.15, -0.1) is 5.10 Å². The van der Waals surface area contributed by atoms with Crippen molar-refractivity contribution in [2.24, 2.45) is 0 Å². The normalized spacial score (nSPS) is 10.6. The third-order valence-corrected chi connectivity index (χ3v) is 2.86. The summed E-state index contributed by atoms with van der Waals surface area (Å²) < 4.78 is 10.8. The molecule has 0 aliphatic carbocycles. The number of rotatable bonds is 7. The molecule has 0 aliphatic heterocycles. The fraction of sp³-hybridized carbons (Fsp3) is 0.429. The van der Waals surface area contributed by atoms with Crippen molar-refractivity contribution >= 4 is 6.01 Å². The lowest BCUT2D eigenvalue weighted by molar-refractivity contribution is 0.414. The number of benzene rings is 1. The molecule has 0 atom stereocenters. The molecule has 0 saturated heterocycles. The number of hydrogen-bond acceptors (Lipinski definition) is 6. The highest BCUT2D eigenvalue weighted by Crippen LogP contribution is 2.17. The Bertz CT molecular complexity index is 541. The number of nitrogens with one attached hydrogen (secondary N) is 1. The minimum atomic E-state index is 0.515. The number of nitrogens with zero attached hydrogens (tertiary/aromatic N) is 3. The maximum Gasteiger partial charge on any atom is 0.318 e. The summed E-state index contributed by atoms with van der Waals surface area (Å²) in [5, 5.41) is 11.2. The van der Waals surface area contributed by atoms with Gasteiger partial charge in [-0.3, -0.25) is 0 Å². The third kappa shape index (κ3) is 3.71. The van der Waals surface area contributed by atoms with Crippen LogP contribution in [-0.4, -0.2) is 30.9 Å². The molecule has 1 N–H and O–H groups in total. The number of ether oxygens (including phenoxy) is 1. The Morgan fingerprint density at radius 2 is 2.20 bits per heavy atom. The molecule has 1 aromatic carbocycles. The minimum Gasteiger partial charge on any atom is -0.497 e. The Balaban J connectivity index is 1.99. The molecule has 0 radical (unpaired) electrons. The number of methoxy groups -OCH3 is 1. The highest BCUT2D eigenvalue weighted by atomic mass is 16.5. The van der Waals surface area contributed by atoms with E-state index in [0.717, 1.165) is 17.9 Å². The van der Waals surface area contributed by atoms with Crippen molar-refractivity contribution in [2.75, 3.05) is 25.6 Å². The van der Waals surface area contributed by atoms with Crippen LogP contribution in [0.3, 0.4) is 0 Å². The molecule has 20 heavy (non-hydrogen) atoms. The van der Waals surface area contributed by atoms with Crippen molar-refractivity contribution in [1.82, 2.24) is 15.5 Å². The molecule has 0 amide bonds. The van der Waals surface area contributed by atoms with Crippen LogP contribution < -0.4 is 15.0 Å². The number of hydrogen-bond donors (Lipinski definition) is 1. The molecule has 0 aliphatic rings. The molecule has 1 aromatic heterocycles. The predicted molar refractivity (Wildman–Crippen MR) is 76.8 cm³/mol. The van der Waals surface area contributed by atoms with Crippen LogP contribution >= 0.6 is 0 Å². The van der Waals surface area contributed by atoms with Crippen molar-refractivity contribution < 1.29 is 9.15 Å². The molecule has 1 heterocycles. The van der Waals surface area contributed by atoms with Crippen molar-refractivity contribution in [1.29, 1.82) is 0 Å². The van der Waals surface area contributed by atoms with Crippen LogP contribution in [0.2, 0.25) is 0 Å². The van der Waals surface area contributed by atoms with Gasteiger partial charge in [0.05, 0.1) is 13.7 Å². The van der Waals surface area contributed by atoms with E-state index in [1.54, 1.807) is 7.11 Å². The first-order valence-electron chi connectivity index (χ1n) is 6.60. The van der Waals surface area contributed by atoms with Gasteiger partial charge in [-0.05, 0) is 24.2 Å². The van der Waals surface area contributed by atoms with Crippen LogP contribution in [0.15, 0.2) is 28.7 Å². The number of aromatic nitrogens is 2. The summed E-state index contributed by atoms with van der Waals surface area (Å²) in [6.07, 6.45) is 0. The largest absolute Gasteiger partial charge is 0.497 e. The fourth-order valence-corrected chi connectivity index (χ4v) is 1.81. The van der Waals surface area contributed by atoms with Gasteiger partial charge in [-0.2, -0.15) is 0 Å². The molecular formula is C14H20N4O2. The second-order valence-corrected chi connectivity index (χ2v) is 4.47. The van der Waals surface area contributed by atoms with Crippen molar-refractivity contribution in [2.45, 2.75) is 20.0 Å². The van der Waals surface area contributed by atoms with E-state index in [1.807, 2.05) is 43.1 Å². The highest BCUT2D eigenvalue weighted by molar-refractivity contribution is 5.32. The first-order chi connectivity index (χ1) is 9.72. The van der Waals surface area contributed by atoms with Crippen LogP contribution in [0, 0.1) is 0 Å². The lowest BCUT2D eigenvalue weighted by Gasteiger charge is -2.14. The van der Waals surface area contributed by atoms with E-state index in [0.29, 0.717) is 25.0 Å². The summed E-state index contributed by atoms with van der Waals surface area (Å²) in [7, 11) is 3.58. The van der Waals surface area contributed by atoms with Gasteiger partial charge < -0.3 is 19.4 Å². The van der Waals surface area contributed by atoms with Gasteiger partial charge in [-0.25, -0.2) is 0 Å². The first kappa shape index (κ1) is 14.3. The summed E-state index contributed by atoms with van der Waals surface area (Å²) in [6.45, 7) is 4.18. The summed E-state index contributed by atoms with van der Waals surface area (Å²) in [6, 6.07) is 8.43. The Morgan fingerprint density at radius 3 is 2.95 bits per heavy atom. The Hall–Kier alpha value is -2.08. The van der Waals surface area contributed by atoms with Gasteiger partial charge in [0.2, 0.25) is 5.89 Å². The molecular weight excluding hydrogens is 256 g/mol. The van der Waals surface area contributed by atoms with Crippen LogP contribution in [0.1, 0.15) is 18.4 Å². The molecule has 2 aromatic rings. The lowest BCUT2D eigenvalue weighted by Crippen LogP contribution is -2.16. The van der Waals surface area contributed by atoms with Gasteiger partial charge in [-0.1, -0.05) is 24.2 Å².